The summed E-state index contributed by atoms with van der Waals surface area (Å²) >= 11 is 0. The van der Waals surface area contributed by atoms with Crippen LogP contribution < -0.4 is 5.73 Å². The fourth-order valence-electron chi connectivity index (χ4n) is 3.25. The van der Waals surface area contributed by atoms with Gasteiger partial charge in [0.2, 0.25) is 0 Å². The molecular weight excluding hydrogens is 200 g/mol. The fourth-order valence-corrected chi connectivity index (χ4v) is 3.25. The molecule has 0 amide bonds. The van der Waals surface area contributed by atoms with Gasteiger partial charge in [0.25, 0.3) is 0 Å². The summed E-state index contributed by atoms with van der Waals surface area (Å²) in [5.74, 6) is 0. The number of aromatic nitrogens is 2. The highest BCUT2D eigenvalue weighted by molar-refractivity contribution is 5.39. The standard InChI is InChI=1S/C12H18N4/c1-16-4-2-12(3-5-16)10-8-15-14-7-9(10)6-11(12)13/h7-8,11H,2-6,13H2,1H3. The van der Waals surface area contributed by atoms with Gasteiger partial charge in [-0.2, -0.15) is 10.2 Å². The molecule has 1 unspecified atom stereocenters. The van der Waals surface area contributed by atoms with Crippen molar-refractivity contribution in [3.05, 3.63) is 23.5 Å². The topological polar surface area (TPSA) is 55.0 Å². The van der Waals surface area contributed by atoms with Crippen molar-refractivity contribution in [3.8, 4) is 0 Å². The number of hydrogen-bond donors (Lipinski definition) is 1. The number of nitrogens with two attached hydrogens (primary N) is 1. The number of rotatable bonds is 0. The third-order valence-corrected chi connectivity index (χ3v) is 4.38. The van der Waals surface area contributed by atoms with Crippen LogP contribution in [0.1, 0.15) is 24.0 Å². The lowest BCUT2D eigenvalue weighted by Crippen LogP contribution is -2.49. The van der Waals surface area contributed by atoms with Crippen LogP contribution in [0.4, 0.5) is 0 Å². The van der Waals surface area contributed by atoms with E-state index in [1.54, 1.807) is 0 Å². The molecule has 3 rings (SSSR count). The number of fused-ring (bicyclic) bond motifs is 2. The van der Waals surface area contributed by atoms with Gasteiger partial charge in [0, 0.05) is 11.5 Å². The lowest BCUT2D eigenvalue weighted by molar-refractivity contribution is 0.172. The molecule has 0 radical (unpaired) electrons. The van der Waals surface area contributed by atoms with E-state index in [2.05, 4.69) is 22.1 Å². The highest BCUT2D eigenvalue weighted by atomic mass is 15.1. The first-order chi connectivity index (χ1) is 7.72. The zero-order chi connectivity index (χ0) is 11.2. The Morgan fingerprint density at radius 2 is 2.00 bits per heavy atom. The molecular formula is C12H18N4. The predicted molar refractivity (Wildman–Crippen MR) is 62.1 cm³/mol. The van der Waals surface area contributed by atoms with Crippen LogP contribution in [0.2, 0.25) is 0 Å². The molecule has 0 saturated carbocycles. The molecule has 0 aromatic carbocycles. The van der Waals surface area contributed by atoms with E-state index >= 15 is 0 Å². The van der Waals surface area contributed by atoms with Crippen molar-refractivity contribution >= 4 is 0 Å². The van der Waals surface area contributed by atoms with Gasteiger partial charge in [-0.05, 0) is 50.5 Å². The summed E-state index contributed by atoms with van der Waals surface area (Å²) in [4.78, 5) is 2.38. The Labute approximate surface area is 95.8 Å². The Hall–Kier alpha value is -1.00. The van der Waals surface area contributed by atoms with E-state index in [4.69, 9.17) is 5.73 Å². The normalized spacial score (nSPS) is 28.2. The minimum Gasteiger partial charge on any atom is -0.327 e. The van der Waals surface area contributed by atoms with Crippen LogP contribution in [-0.2, 0) is 11.8 Å². The van der Waals surface area contributed by atoms with E-state index in [0.29, 0.717) is 0 Å². The van der Waals surface area contributed by atoms with Gasteiger partial charge in [0.05, 0.1) is 12.4 Å². The summed E-state index contributed by atoms with van der Waals surface area (Å²) in [6.07, 6.45) is 7.11. The molecule has 1 aliphatic heterocycles. The molecule has 1 aromatic heterocycles. The molecule has 1 aliphatic carbocycles. The monoisotopic (exact) mass is 218 g/mol. The molecule has 1 fully saturated rings. The van der Waals surface area contributed by atoms with E-state index in [9.17, 15) is 0 Å². The third-order valence-electron chi connectivity index (χ3n) is 4.38. The zero-order valence-corrected chi connectivity index (χ0v) is 9.69. The van der Waals surface area contributed by atoms with Gasteiger partial charge in [0.15, 0.2) is 0 Å². The van der Waals surface area contributed by atoms with Crippen molar-refractivity contribution in [2.24, 2.45) is 5.73 Å². The van der Waals surface area contributed by atoms with Crippen molar-refractivity contribution < 1.29 is 0 Å². The molecule has 2 N–H and O–H groups in total. The third kappa shape index (κ3) is 1.30. The van der Waals surface area contributed by atoms with Crippen molar-refractivity contribution in [2.45, 2.75) is 30.7 Å². The number of piperidine rings is 1. The van der Waals surface area contributed by atoms with Gasteiger partial charge in [-0.25, -0.2) is 0 Å². The average molecular weight is 218 g/mol. The molecule has 4 nitrogen and oxygen atoms in total. The summed E-state index contributed by atoms with van der Waals surface area (Å²) in [6, 6.07) is 0.252. The summed E-state index contributed by atoms with van der Waals surface area (Å²) in [5.41, 5.74) is 9.22. The van der Waals surface area contributed by atoms with Gasteiger partial charge < -0.3 is 10.6 Å². The Kier molecular flexibility index (Phi) is 2.23. The Balaban J connectivity index is 2.01. The first-order valence-corrected chi connectivity index (χ1v) is 5.96. The van der Waals surface area contributed by atoms with Crippen molar-refractivity contribution in [1.82, 2.24) is 15.1 Å². The quantitative estimate of drug-likeness (QED) is 0.681. The fraction of sp³-hybridized carbons (Fsp3) is 0.667. The number of likely N-dealkylation sites (tertiary alicyclic amines) is 1. The minimum absolute atomic E-state index is 0.178. The van der Waals surface area contributed by atoms with Gasteiger partial charge >= 0.3 is 0 Å². The Morgan fingerprint density at radius 3 is 2.75 bits per heavy atom. The summed E-state index contributed by atoms with van der Waals surface area (Å²) in [6.45, 7) is 2.27. The average Bonchev–Trinajstić information content (AvgIpc) is 2.57. The first kappa shape index (κ1) is 10.2. The maximum Gasteiger partial charge on any atom is 0.0537 e. The van der Waals surface area contributed by atoms with E-state index in [1.807, 2.05) is 12.4 Å². The van der Waals surface area contributed by atoms with Crippen LogP contribution in [0, 0.1) is 0 Å². The molecule has 86 valence electrons. The van der Waals surface area contributed by atoms with Crippen LogP contribution in [0.25, 0.3) is 0 Å². The predicted octanol–water partition coefficient (Wildman–Crippen LogP) is 0.323. The van der Waals surface area contributed by atoms with Crippen LogP contribution in [0.3, 0.4) is 0 Å². The molecule has 1 saturated heterocycles. The summed E-state index contributed by atoms with van der Waals surface area (Å²) in [7, 11) is 2.18. The Bertz CT molecular complexity index is 396. The number of nitrogens with zero attached hydrogens (tertiary/aromatic N) is 3. The molecule has 2 heterocycles. The van der Waals surface area contributed by atoms with Crippen LogP contribution in [-0.4, -0.2) is 41.3 Å². The van der Waals surface area contributed by atoms with Crippen molar-refractivity contribution in [3.63, 3.8) is 0 Å². The van der Waals surface area contributed by atoms with Gasteiger partial charge in [0.1, 0.15) is 0 Å². The largest absolute Gasteiger partial charge is 0.327 e. The van der Waals surface area contributed by atoms with E-state index < -0.39 is 0 Å². The van der Waals surface area contributed by atoms with E-state index in [-0.39, 0.29) is 11.5 Å². The second kappa shape index (κ2) is 3.50. The molecule has 1 spiro atoms. The smallest absolute Gasteiger partial charge is 0.0537 e. The van der Waals surface area contributed by atoms with Crippen LogP contribution in [0.15, 0.2) is 12.4 Å². The van der Waals surface area contributed by atoms with Gasteiger partial charge in [-0.1, -0.05) is 0 Å². The number of hydrogen-bond acceptors (Lipinski definition) is 4. The van der Waals surface area contributed by atoms with Crippen molar-refractivity contribution in [1.29, 1.82) is 0 Å². The summed E-state index contributed by atoms with van der Waals surface area (Å²) in [5, 5.41) is 8.01. The van der Waals surface area contributed by atoms with E-state index in [0.717, 1.165) is 32.4 Å². The SMILES string of the molecule is CN1CCC2(CC1)c1cnncc1CC2N. The minimum atomic E-state index is 0.178. The second-order valence-electron chi connectivity index (χ2n) is 5.20. The molecule has 1 atom stereocenters. The van der Waals surface area contributed by atoms with Gasteiger partial charge in [-0.3, -0.25) is 0 Å². The zero-order valence-electron chi connectivity index (χ0n) is 9.69. The van der Waals surface area contributed by atoms with Crippen LogP contribution >= 0.6 is 0 Å². The van der Waals surface area contributed by atoms with Gasteiger partial charge in [-0.15, -0.1) is 0 Å². The van der Waals surface area contributed by atoms with E-state index in [1.165, 1.54) is 11.1 Å². The molecule has 4 heteroatoms. The lowest BCUT2D eigenvalue weighted by atomic mass is 9.72. The Morgan fingerprint density at radius 1 is 1.31 bits per heavy atom. The molecule has 0 bridgehead atoms. The second-order valence-corrected chi connectivity index (χ2v) is 5.20. The highest BCUT2D eigenvalue weighted by Crippen LogP contribution is 2.44. The molecule has 16 heavy (non-hydrogen) atoms. The van der Waals surface area contributed by atoms with Crippen LogP contribution in [0.5, 0.6) is 0 Å². The molecule has 1 aromatic rings. The maximum absolute atomic E-state index is 6.37. The first-order valence-electron chi connectivity index (χ1n) is 5.96. The van der Waals surface area contributed by atoms with Crippen molar-refractivity contribution in [2.75, 3.05) is 20.1 Å². The lowest BCUT2D eigenvalue weighted by Gasteiger charge is -2.41. The maximum atomic E-state index is 6.37. The summed E-state index contributed by atoms with van der Waals surface area (Å²) < 4.78 is 0. The molecule has 2 aliphatic rings. The highest BCUT2D eigenvalue weighted by Gasteiger charge is 2.46.